The van der Waals surface area contributed by atoms with Gasteiger partial charge in [0.15, 0.2) is 10.8 Å². The lowest BCUT2D eigenvalue weighted by Gasteiger charge is -2.07. The molecule has 0 atom stereocenters. The van der Waals surface area contributed by atoms with E-state index < -0.39 is 5.91 Å². The first-order valence-electron chi connectivity index (χ1n) is 6.80. The molecule has 0 bridgehead atoms. The lowest BCUT2D eigenvalue weighted by molar-refractivity contribution is 0.0950. The molecule has 1 amide bonds. The standard InChI is InChI=1S/C15H13Cl3N4O2/c1-2-24-9-5-3-8(4-6-9)7-20-22-15(23)13-10(16)12(19)11(17)14(18)21-13/h3-7H,2H2,1H3,(H2,19,21)(H,22,23)/b20-7-. The number of aromatic nitrogens is 1. The van der Waals surface area contributed by atoms with Crippen molar-refractivity contribution in [2.45, 2.75) is 6.92 Å². The Bertz CT molecular complexity index is 779. The van der Waals surface area contributed by atoms with Crippen molar-refractivity contribution in [1.29, 1.82) is 0 Å². The van der Waals surface area contributed by atoms with Gasteiger partial charge >= 0.3 is 0 Å². The van der Waals surface area contributed by atoms with Crippen LogP contribution in [0.4, 0.5) is 5.69 Å². The SMILES string of the molecule is CCOc1ccc(/C=N\NC(=O)c2nc(Cl)c(Cl)c(N)c2Cl)cc1. The molecule has 0 saturated heterocycles. The Kier molecular flexibility index (Phi) is 6.25. The Balaban J connectivity index is 2.08. The molecule has 1 heterocycles. The summed E-state index contributed by atoms with van der Waals surface area (Å²) in [5, 5.41) is 3.64. The predicted octanol–water partition coefficient (Wildman–Crippen LogP) is 3.79. The Morgan fingerprint density at radius 3 is 2.58 bits per heavy atom. The summed E-state index contributed by atoms with van der Waals surface area (Å²) in [6, 6.07) is 7.18. The number of pyridine rings is 1. The minimum absolute atomic E-state index is 0.00361. The number of amides is 1. The second kappa shape index (κ2) is 8.19. The number of ether oxygens (including phenoxy) is 1. The average Bonchev–Trinajstić information content (AvgIpc) is 2.58. The number of nitrogen functional groups attached to an aromatic ring is 1. The molecule has 9 heteroatoms. The summed E-state index contributed by atoms with van der Waals surface area (Å²) in [6.45, 7) is 2.49. The average molecular weight is 388 g/mol. The van der Waals surface area contributed by atoms with Crippen LogP contribution in [0.25, 0.3) is 0 Å². The van der Waals surface area contributed by atoms with Crippen LogP contribution in [0.5, 0.6) is 5.75 Å². The number of carbonyl (C=O) groups excluding carboxylic acids is 1. The van der Waals surface area contributed by atoms with Gasteiger partial charge in [-0.05, 0) is 36.8 Å². The van der Waals surface area contributed by atoms with Gasteiger partial charge in [0, 0.05) is 0 Å². The maximum atomic E-state index is 12.1. The molecule has 0 spiro atoms. The highest BCUT2D eigenvalue weighted by Crippen LogP contribution is 2.34. The first kappa shape index (κ1) is 18.3. The molecule has 0 saturated carbocycles. The van der Waals surface area contributed by atoms with E-state index in [-0.39, 0.29) is 26.6 Å². The van der Waals surface area contributed by atoms with Crippen molar-refractivity contribution in [2.75, 3.05) is 12.3 Å². The fourth-order valence-corrected chi connectivity index (χ4v) is 2.31. The summed E-state index contributed by atoms with van der Waals surface area (Å²) < 4.78 is 5.33. The van der Waals surface area contributed by atoms with Crippen molar-refractivity contribution < 1.29 is 9.53 Å². The van der Waals surface area contributed by atoms with Crippen molar-refractivity contribution in [3.05, 3.63) is 50.7 Å². The molecule has 6 nitrogen and oxygen atoms in total. The molecule has 0 fully saturated rings. The Hall–Kier alpha value is -2.02. The van der Waals surface area contributed by atoms with Crippen LogP contribution in [0, 0.1) is 0 Å². The molecule has 24 heavy (non-hydrogen) atoms. The number of nitrogens with two attached hydrogens (primary N) is 1. The van der Waals surface area contributed by atoms with E-state index in [9.17, 15) is 4.79 Å². The highest BCUT2D eigenvalue weighted by molar-refractivity contribution is 6.46. The van der Waals surface area contributed by atoms with Gasteiger partial charge in [0.2, 0.25) is 0 Å². The highest BCUT2D eigenvalue weighted by Gasteiger charge is 2.19. The largest absolute Gasteiger partial charge is 0.494 e. The summed E-state index contributed by atoms with van der Waals surface area (Å²) in [7, 11) is 0. The Morgan fingerprint density at radius 1 is 1.29 bits per heavy atom. The van der Waals surface area contributed by atoms with E-state index in [4.69, 9.17) is 45.3 Å². The molecule has 1 aromatic carbocycles. The minimum atomic E-state index is -0.660. The number of nitrogens with zero attached hydrogens (tertiary/aromatic N) is 2. The van der Waals surface area contributed by atoms with E-state index in [2.05, 4.69) is 15.5 Å². The van der Waals surface area contributed by atoms with Gasteiger partial charge in [0.05, 0.1) is 23.5 Å². The van der Waals surface area contributed by atoms with Crippen LogP contribution in [0.15, 0.2) is 29.4 Å². The lowest BCUT2D eigenvalue weighted by Crippen LogP contribution is -2.20. The third-order valence-corrected chi connectivity index (χ3v) is 3.99. The fourth-order valence-electron chi connectivity index (χ4n) is 1.72. The van der Waals surface area contributed by atoms with Crippen molar-refractivity contribution >= 4 is 52.6 Å². The Morgan fingerprint density at radius 2 is 1.96 bits per heavy atom. The summed E-state index contributed by atoms with van der Waals surface area (Å²) in [5.74, 6) is 0.0911. The first-order chi connectivity index (χ1) is 11.4. The molecule has 126 valence electrons. The van der Waals surface area contributed by atoms with Gasteiger partial charge in [-0.1, -0.05) is 34.8 Å². The predicted molar refractivity (Wildman–Crippen MR) is 96.4 cm³/mol. The van der Waals surface area contributed by atoms with Crippen LogP contribution >= 0.6 is 34.8 Å². The zero-order valence-corrected chi connectivity index (χ0v) is 14.8. The van der Waals surface area contributed by atoms with Crippen molar-refractivity contribution in [3.8, 4) is 5.75 Å². The summed E-state index contributed by atoms with van der Waals surface area (Å²) in [5.41, 5.74) is 8.55. The summed E-state index contributed by atoms with van der Waals surface area (Å²) in [4.78, 5) is 15.9. The summed E-state index contributed by atoms with van der Waals surface area (Å²) >= 11 is 17.5. The third kappa shape index (κ3) is 4.29. The van der Waals surface area contributed by atoms with Crippen molar-refractivity contribution in [2.24, 2.45) is 5.10 Å². The zero-order chi connectivity index (χ0) is 17.7. The molecule has 2 rings (SSSR count). The number of halogens is 3. The molecule has 2 aromatic rings. The molecule has 3 N–H and O–H groups in total. The third-order valence-electron chi connectivity index (χ3n) is 2.86. The van der Waals surface area contributed by atoms with Crippen LogP contribution < -0.4 is 15.9 Å². The lowest BCUT2D eigenvalue weighted by atomic mass is 10.2. The minimum Gasteiger partial charge on any atom is -0.494 e. The normalized spacial score (nSPS) is 10.8. The molecule has 0 unspecified atom stereocenters. The van der Waals surface area contributed by atoms with Crippen LogP contribution in [0.2, 0.25) is 15.2 Å². The monoisotopic (exact) mass is 386 g/mol. The second-order valence-electron chi connectivity index (χ2n) is 4.49. The highest BCUT2D eigenvalue weighted by atomic mass is 35.5. The van der Waals surface area contributed by atoms with E-state index in [0.717, 1.165) is 11.3 Å². The van der Waals surface area contributed by atoms with Gasteiger partial charge < -0.3 is 10.5 Å². The number of benzene rings is 1. The first-order valence-corrected chi connectivity index (χ1v) is 7.93. The molecular weight excluding hydrogens is 375 g/mol. The number of rotatable bonds is 5. The second-order valence-corrected chi connectivity index (χ2v) is 5.61. The number of nitrogens with one attached hydrogen (secondary N) is 1. The van der Waals surface area contributed by atoms with Crippen LogP contribution in [0.3, 0.4) is 0 Å². The molecule has 0 aliphatic carbocycles. The fraction of sp³-hybridized carbons (Fsp3) is 0.133. The smallest absolute Gasteiger partial charge is 0.291 e. The van der Waals surface area contributed by atoms with Crippen LogP contribution in [-0.4, -0.2) is 23.7 Å². The van der Waals surface area contributed by atoms with Gasteiger partial charge in [-0.25, -0.2) is 10.4 Å². The van der Waals surface area contributed by atoms with Crippen LogP contribution in [-0.2, 0) is 0 Å². The Labute approximate surface area is 153 Å². The van der Waals surface area contributed by atoms with Gasteiger partial charge in [0.1, 0.15) is 10.8 Å². The number of hydrogen-bond donors (Lipinski definition) is 2. The van der Waals surface area contributed by atoms with Crippen molar-refractivity contribution in [1.82, 2.24) is 10.4 Å². The van der Waals surface area contributed by atoms with Gasteiger partial charge in [-0.2, -0.15) is 5.10 Å². The molecule has 1 aromatic heterocycles. The number of hydrogen-bond acceptors (Lipinski definition) is 5. The van der Waals surface area contributed by atoms with Gasteiger partial charge in [-0.3, -0.25) is 4.79 Å². The molecule has 0 aliphatic rings. The van der Waals surface area contributed by atoms with Gasteiger partial charge in [0.25, 0.3) is 5.91 Å². The summed E-state index contributed by atoms with van der Waals surface area (Å²) in [6.07, 6.45) is 1.46. The topological polar surface area (TPSA) is 89.6 Å². The van der Waals surface area contributed by atoms with Gasteiger partial charge in [-0.15, -0.1) is 0 Å². The molecular formula is C15H13Cl3N4O2. The van der Waals surface area contributed by atoms with E-state index in [0.29, 0.717) is 6.61 Å². The van der Waals surface area contributed by atoms with E-state index in [1.807, 2.05) is 6.92 Å². The quantitative estimate of drug-likeness (QED) is 0.464. The number of hydrazone groups is 1. The maximum absolute atomic E-state index is 12.1. The number of carbonyl (C=O) groups is 1. The van der Waals surface area contributed by atoms with Crippen molar-refractivity contribution in [3.63, 3.8) is 0 Å². The van der Waals surface area contributed by atoms with Crippen LogP contribution in [0.1, 0.15) is 23.0 Å². The maximum Gasteiger partial charge on any atom is 0.291 e. The number of anilines is 1. The van der Waals surface area contributed by atoms with E-state index in [1.165, 1.54) is 6.21 Å². The zero-order valence-electron chi connectivity index (χ0n) is 12.5. The molecule has 0 radical (unpaired) electrons. The molecule has 0 aliphatic heterocycles. The van der Waals surface area contributed by atoms with E-state index in [1.54, 1.807) is 24.3 Å². The van der Waals surface area contributed by atoms with E-state index >= 15 is 0 Å².